The Kier molecular flexibility index (Phi) is 3.24. The average Bonchev–Trinajstić information content (AvgIpc) is 2.65. The van der Waals surface area contributed by atoms with E-state index < -0.39 is 23.5 Å². The zero-order valence-corrected chi connectivity index (χ0v) is 12.1. The number of ether oxygens (including phenoxy) is 2. The third-order valence-electron chi connectivity index (χ3n) is 3.31. The minimum Gasteiger partial charge on any atom is -0.444 e. The normalized spacial score (nSPS) is 29.3. The van der Waals surface area contributed by atoms with E-state index in [1.54, 1.807) is 25.7 Å². The van der Waals surface area contributed by atoms with E-state index in [0.717, 1.165) is 0 Å². The number of nitrogens with one attached hydrogen (secondary N) is 1. The lowest BCUT2D eigenvalue weighted by Gasteiger charge is -2.29. The number of hydrogen-bond donors (Lipinski definition) is 1. The molecule has 0 unspecified atom stereocenters. The number of alkyl carbamates (subject to hydrolysis) is 1. The smallest absolute Gasteiger partial charge is 0.408 e. The molecule has 0 aliphatic carbocycles. The minimum absolute atomic E-state index is 0.0439. The predicted molar refractivity (Wildman–Crippen MR) is 68.4 cm³/mol. The maximum Gasteiger partial charge on any atom is 0.408 e. The molecular weight excluding hydrogens is 248 g/mol. The van der Waals surface area contributed by atoms with Crippen molar-refractivity contribution in [3.63, 3.8) is 0 Å². The number of amides is 2. The van der Waals surface area contributed by atoms with Crippen molar-refractivity contribution in [2.24, 2.45) is 0 Å². The van der Waals surface area contributed by atoms with Crippen LogP contribution in [0.2, 0.25) is 0 Å². The second-order valence-electron chi connectivity index (χ2n) is 6.55. The zero-order chi connectivity index (χ0) is 14.4. The van der Waals surface area contributed by atoms with Crippen molar-refractivity contribution >= 4 is 12.0 Å². The van der Waals surface area contributed by atoms with E-state index in [0.29, 0.717) is 13.0 Å². The van der Waals surface area contributed by atoms with E-state index in [4.69, 9.17) is 9.47 Å². The predicted octanol–water partition coefficient (Wildman–Crippen LogP) is 1.25. The molecule has 6 nitrogen and oxygen atoms in total. The summed E-state index contributed by atoms with van der Waals surface area (Å²) in [6.45, 7) is 9.61. The fourth-order valence-corrected chi connectivity index (χ4v) is 2.61. The Morgan fingerprint density at radius 1 is 1.47 bits per heavy atom. The quantitative estimate of drug-likeness (QED) is 0.778. The first-order valence-electron chi connectivity index (χ1n) is 6.57. The van der Waals surface area contributed by atoms with Crippen LogP contribution < -0.4 is 5.32 Å². The topological polar surface area (TPSA) is 67.9 Å². The monoisotopic (exact) mass is 270 g/mol. The van der Waals surface area contributed by atoms with Crippen molar-refractivity contribution in [3.8, 4) is 0 Å². The molecule has 0 bridgehead atoms. The van der Waals surface area contributed by atoms with Crippen LogP contribution in [0.5, 0.6) is 0 Å². The van der Waals surface area contributed by atoms with Crippen LogP contribution in [0.1, 0.15) is 41.0 Å². The second kappa shape index (κ2) is 4.37. The first-order valence-corrected chi connectivity index (χ1v) is 6.57. The fourth-order valence-electron chi connectivity index (χ4n) is 2.61. The standard InChI is InChI=1S/C13H22N2O4/c1-12(2,3)19-11(17)14-9-6-8-7-18-13(4,5)15(8)10(9)16/h8-9H,6-7H2,1-5H3,(H,14,17)/t8-,9+/m0/s1. The van der Waals surface area contributed by atoms with Gasteiger partial charge < -0.3 is 19.7 Å². The number of hydrogen-bond acceptors (Lipinski definition) is 4. The van der Waals surface area contributed by atoms with E-state index in [2.05, 4.69) is 5.32 Å². The molecular formula is C13H22N2O4. The molecule has 0 aromatic heterocycles. The summed E-state index contributed by atoms with van der Waals surface area (Å²) < 4.78 is 10.7. The van der Waals surface area contributed by atoms with Gasteiger partial charge in [0.15, 0.2) is 0 Å². The van der Waals surface area contributed by atoms with Crippen LogP contribution in [-0.2, 0) is 14.3 Å². The fraction of sp³-hybridized carbons (Fsp3) is 0.846. The van der Waals surface area contributed by atoms with Crippen LogP contribution >= 0.6 is 0 Å². The van der Waals surface area contributed by atoms with Gasteiger partial charge in [0.2, 0.25) is 5.91 Å². The van der Waals surface area contributed by atoms with Crippen molar-refractivity contribution in [3.05, 3.63) is 0 Å². The summed E-state index contributed by atoms with van der Waals surface area (Å²) >= 11 is 0. The molecule has 0 spiro atoms. The van der Waals surface area contributed by atoms with Crippen molar-refractivity contribution < 1.29 is 19.1 Å². The van der Waals surface area contributed by atoms with E-state index in [1.807, 2.05) is 13.8 Å². The summed E-state index contributed by atoms with van der Waals surface area (Å²) in [6, 6.07) is -0.467. The lowest BCUT2D eigenvalue weighted by Crippen LogP contribution is -2.49. The molecule has 2 fully saturated rings. The van der Waals surface area contributed by atoms with E-state index in [-0.39, 0.29) is 11.9 Å². The molecule has 0 aromatic carbocycles. The maximum atomic E-state index is 12.3. The number of fused-ring (bicyclic) bond motifs is 1. The van der Waals surface area contributed by atoms with Crippen LogP contribution in [0.15, 0.2) is 0 Å². The second-order valence-corrected chi connectivity index (χ2v) is 6.55. The summed E-state index contributed by atoms with van der Waals surface area (Å²) in [6.07, 6.45) is 0.0207. The van der Waals surface area contributed by atoms with Gasteiger partial charge in [0.05, 0.1) is 12.6 Å². The van der Waals surface area contributed by atoms with Crippen LogP contribution in [0.25, 0.3) is 0 Å². The third-order valence-corrected chi connectivity index (χ3v) is 3.31. The average molecular weight is 270 g/mol. The molecule has 2 atom stereocenters. The van der Waals surface area contributed by atoms with Gasteiger partial charge in [0.1, 0.15) is 17.4 Å². The van der Waals surface area contributed by atoms with Gasteiger partial charge in [-0.25, -0.2) is 4.79 Å². The van der Waals surface area contributed by atoms with E-state index in [1.165, 1.54) is 0 Å². The van der Waals surface area contributed by atoms with Crippen molar-refractivity contribution in [1.29, 1.82) is 0 Å². The van der Waals surface area contributed by atoms with Crippen LogP contribution in [0, 0.1) is 0 Å². The van der Waals surface area contributed by atoms with E-state index in [9.17, 15) is 9.59 Å². The highest BCUT2D eigenvalue weighted by Gasteiger charge is 2.52. The number of rotatable bonds is 1. The summed E-state index contributed by atoms with van der Waals surface area (Å²) in [5.74, 6) is -0.0987. The Labute approximate surface area is 113 Å². The van der Waals surface area contributed by atoms with E-state index >= 15 is 0 Å². The van der Waals surface area contributed by atoms with Crippen LogP contribution in [0.3, 0.4) is 0 Å². The molecule has 2 aliphatic heterocycles. The van der Waals surface area contributed by atoms with Gasteiger partial charge >= 0.3 is 6.09 Å². The lowest BCUT2D eigenvalue weighted by atomic mass is 10.2. The molecule has 2 saturated heterocycles. The highest BCUT2D eigenvalue weighted by Crippen LogP contribution is 2.35. The number of carbonyl (C=O) groups excluding carboxylic acids is 2. The summed E-state index contributed by atoms with van der Waals surface area (Å²) in [5.41, 5.74) is -1.16. The number of carbonyl (C=O) groups is 2. The molecule has 19 heavy (non-hydrogen) atoms. The van der Waals surface area contributed by atoms with Crippen molar-refractivity contribution in [2.75, 3.05) is 6.61 Å². The molecule has 2 rings (SSSR count). The first kappa shape index (κ1) is 14.1. The lowest BCUT2D eigenvalue weighted by molar-refractivity contribution is -0.143. The molecule has 0 saturated carbocycles. The van der Waals surface area contributed by atoms with Crippen molar-refractivity contribution in [2.45, 2.75) is 64.4 Å². The molecule has 2 aliphatic rings. The maximum absolute atomic E-state index is 12.3. The van der Waals surface area contributed by atoms with Gasteiger partial charge in [-0.15, -0.1) is 0 Å². The molecule has 2 amide bonds. The highest BCUT2D eigenvalue weighted by atomic mass is 16.6. The minimum atomic E-state index is -0.591. The van der Waals surface area contributed by atoms with Gasteiger partial charge in [-0.1, -0.05) is 0 Å². The SMILES string of the molecule is CC(C)(C)OC(=O)N[C@@H]1C[C@H]2COC(C)(C)N2C1=O. The Hall–Kier alpha value is -1.30. The van der Waals surface area contributed by atoms with Crippen molar-refractivity contribution in [1.82, 2.24) is 10.2 Å². The summed E-state index contributed by atoms with van der Waals surface area (Å²) in [7, 11) is 0. The van der Waals surface area contributed by atoms with Gasteiger partial charge in [0, 0.05) is 0 Å². The van der Waals surface area contributed by atoms with Crippen LogP contribution in [-0.4, -0.2) is 46.9 Å². The molecule has 108 valence electrons. The first-order chi connectivity index (χ1) is 8.60. The molecule has 0 aromatic rings. The third kappa shape index (κ3) is 2.83. The Bertz CT molecular complexity index is 400. The molecule has 6 heteroatoms. The Morgan fingerprint density at radius 3 is 2.63 bits per heavy atom. The zero-order valence-electron chi connectivity index (χ0n) is 12.1. The number of nitrogens with zero attached hydrogens (tertiary/aromatic N) is 1. The Balaban J connectivity index is 1.98. The molecule has 0 radical (unpaired) electrons. The molecule has 1 N–H and O–H groups in total. The van der Waals surface area contributed by atoms with Gasteiger partial charge in [-0.2, -0.15) is 0 Å². The van der Waals surface area contributed by atoms with Crippen LogP contribution in [0.4, 0.5) is 4.79 Å². The summed E-state index contributed by atoms with van der Waals surface area (Å²) in [4.78, 5) is 25.7. The van der Waals surface area contributed by atoms with Gasteiger partial charge in [-0.3, -0.25) is 4.79 Å². The molecule has 2 heterocycles. The summed E-state index contributed by atoms with van der Waals surface area (Å²) in [5, 5.41) is 2.64. The Morgan fingerprint density at radius 2 is 2.11 bits per heavy atom. The highest BCUT2D eigenvalue weighted by molar-refractivity contribution is 5.88. The van der Waals surface area contributed by atoms with Gasteiger partial charge in [-0.05, 0) is 41.0 Å². The largest absolute Gasteiger partial charge is 0.444 e. The van der Waals surface area contributed by atoms with Gasteiger partial charge in [0.25, 0.3) is 0 Å².